The third-order valence-corrected chi connectivity index (χ3v) is 3.54. The molecule has 0 aromatic carbocycles. The van der Waals surface area contributed by atoms with Crippen molar-refractivity contribution in [3.63, 3.8) is 0 Å². The molecule has 3 rings (SSSR count). The van der Waals surface area contributed by atoms with E-state index in [0.29, 0.717) is 6.42 Å². The Morgan fingerprint density at radius 1 is 1.35 bits per heavy atom. The first kappa shape index (κ1) is 12.8. The average Bonchev–Trinajstić information content (AvgIpc) is 2.82. The maximum atomic E-state index is 12.0. The molecule has 2 aromatic rings. The molecule has 20 heavy (non-hydrogen) atoms. The van der Waals surface area contributed by atoms with Crippen molar-refractivity contribution in [2.24, 2.45) is 0 Å². The highest BCUT2D eigenvalue weighted by Crippen LogP contribution is 2.38. The number of fused-ring (bicyclic) bond motifs is 1. The number of rotatable bonds is 1. The maximum absolute atomic E-state index is 12.0. The number of aromatic nitrogens is 3. The number of carbonyl (C=O) groups excluding carboxylic acids is 1. The molecule has 5 nitrogen and oxygen atoms in total. The van der Waals surface area contributed by atoms with Gasteiger partial charge in [0.25, 0.3) is 0 Å². The van der Waals surface area contributed by atoms with E-state index in [1.165, 1.54) is 0 Å². The van der Waals surface area contributed by atoms with Crippen molar-refractivity contribution in [2.45, 2.75) is 38.6 Å². The lowest BCUT2D eigenvalue weighted by Gasteiger charge is -2.27. The fourth-order valence-electron chi connectivity index (χ4n) is 2.61. The molecule has 0 radical (unpaired) electrons. The van der Waals surface area contributed by atoms with Crippen LogP contribution in [0.2, 0.25) is 0 Å². The van der Waals surface area contributed by atoms with E-state index in [2.05, 4.69) is 36.2 Å². The fourth-order valence-corrected chi connectivity index (χ4v) is 2.61. The van der Waals surface area contributed by atoms with Crippen molar-refractivity contribution in [2.75, 3.05) is 5.32 Å². The molecule has 5 heteroatoms. The van der Waals surface area contributed by atoms with Crippen LogP contribution in [-0.2, 0) is 10.3 Å². The summed E-state index contributed by atoms with van der Waals surface area (Å²) in [4.78, 5) is 16.2. The van der Waals surface area contributed by atoms with E-state index in [-0.39, 0.29) is 17.4 Å². The van der Waals surface area contributed by atoms with Crippen LogP contribution in [-0.4, -0.2) is 20.7 Å². The van der Waals surface area contributed by atoms with E-state index < -0.39 is 0 Å². The molecule has 0 saturated carbocycles. The van der Waals surface area contributed by atoms with Gasteiger partial charge in [-0.15, -0.1) is 0 Å². The summed E-state index contributed by atoms with van der Waals surface area (Å²) in [6.45, 7) is 6.21. The first-order valence-corrected chi connectivity index (χ1v) is 6.75. The van der Waals surface area contributed by atoms with E-state index in [0.717, 1.165) is 16.9 Å². The van der Waals surface area contributed by atoms with Crippen LogP contribution in [0.5, 0.6) is 0 Å². The van der Waals surface area contributed by atoms with Crippen molar-refractivity contribution < 1.29 is 4.79 Å². The Labute approximate surface area is 118 Å². The van der Waals surface area contributed by atoms with Gasteiger partial charge in [-0.2, -0.15) is 5.10 Å². The highest BCUT2D eigenvalue weighted by Gasteiger charge is 2.32. The predicted molar refractivity (Wildman–Crippen MR) is 76.5 cm³/mol. The minimum Gasteiger partial charge on any atom is -0.311 e. The summed E-state index contributed by atoms with van der Waals surface area (Å²) in [7, 11) is 0. The summed E-state index contributed by atoms with van der Waals surface area (Å²) in [6.07, 6.45) is 5.86. The molecule has 1 amide bonds. The van der Waals surface area contributed by atoms with Gasteiger partial charge >= 0.3 is 0 Å². The molecule has 1 aliphatic heterocycles. The summed E-state index contributed by atoms with van der Waals surface area (Å²) in [5.41, 5.74) is 1.95. The lowest BCUT2D eigenvalue weighted by Crippen LogP contribution is -2.30. The van der Waals surface area contributed by atoms with Gasteiger partial charge in [0.2, 0.25) is 5.91 Å². The second-order valence-electron chi connectivity index (χ2n) is 6.12. The highest BCUT2D eigenvalue weighted by molar-refractivity contribution is 5.94. The molecule has 2 aromatic heterocycles. The van der Waals surface area contributed by atoms with E-state index in [1.54, 1.807) is 6.20 Å². The Morgan fingerprint density at radius 2 is 2.15 bits per heavy atom. The molecule has 1 aliphatic rings. The summed E-state index contributed by atoms with van der Waals surface area (Å²) in [5.74, 6) is 0.864. The second kappa shape index (κ2) is 4.44. The molecular weight excluding hydrogens is 252 g/mol. The molecule has 0 bridgehead atoms. The van der Waals surface area contributed by atoms with Gasteiger partial charge in [-0.3, -0.25) is 9.78 Å². The van der Waals surface area contributed by atoms with Gasteiger partial charge in [0.05, 0.1) is 11.7 Å². The van der Waals surface area contributed by atoms with Crippen LogP contribution in [0.15, 0.2) is 30.7 Å². The normalized spacial score (nSPS) is 18.6. The van der Waals surface area contributed by atoms with Crippen molar-refractivity contribution in [1.82, 2.24) is 14.8 Å². The summed E-state index contributed by atoms with van der Waals surface area (Å²) in [6, 6.07) is 3.91. The number of hydrogen-bond acceptors (Lipinski definition) is 3. The van der Waals surface area contributed by atoms with Crippen molar-refractivity contribution in [3.05, 3.63) is 41.9 Å². The lowest BCUT2D eigenvalue weighted by molar-refractivity contribution is -0.116. The first-order chi connectivity index (χ1) is 9.47. The Balaban J connectivity index is 2.11. The summed E-state index contributed by atoms with van der Waals surface area (Å²) < 4.78 is 1.88. The molecule has 1 unspecified atom stereocenters. The number of hydrogen-bond donors (Lipinski definition) is 1. The van der Waals surface area contributed by atoms with Crippen molar-refractivity contribution >= 4 is 11.7 Å². The first-order valence-electron chi connectivity index (χ1n) is 6.75. The van der Waals surface area contributed by atoms with E-state index in [1.807, 2.05) is 29.2 Å². The third-order valence-electron chi connectivity index (χ3n) is 3.54. The monoisotopic (exact) mass is 270 g/mol. The van der Waals surface area contributed by atoms with Crippen molar-refractivity contribution in [1.29, 1.82) is 0 Å². The van der Waals surface area contributed by atoms with Gasteiger partial charge in [-0.25, -0.2) is 4.68 Å². The number of anilines is 1. The standard InChI is InChI=1S/C15H18N4O/c1-15(2,3)19-14-12(9-17-19)11(7-13(20)18-14)10-5-4-6-16-8-10/h4-6,8-9,11H,7H2,1-3H3,(H,18,20). The molecule has 0 saturated heterocycles. The summed E-state index contributed by atoms with van der Waals surface area (Å²) in [5, 5.41) is 7.42. The van der Waals surface area contributed by atoms with Crippen LogP contribution in [0.3, 0.4) is 0 Å². The fraction of sp³-hybridized carbons (Fsp3) is 0.400. The number of pyridine rings is 1. The molecule has 3 heterocycles. The van der Waals surface area contributed by atoms with Gasteiger partial charge in [0.1, 0.15) is 5.82 Å². The lowest BCUT2D eigenvalue weighted by atomic mass is 9.88. The quantitative estimate of drug-likeness (QED) is 0.866. The SMILES string of the molecule is CC(C)(C)n1ncc2c1NC(=O)CC2c1cccnc1. The van der Waals surface area contributed by atoms with Crippen LogP contribution in [0, 0.1) is 0 Å². The molecule has 1 atom stereocenters. The second-order valence-corrected chi connectivity index (χ2v) is 6.12. The molecule has 0 aliphatic carbocycles. The minimum atomic E-state index is -0.169. The van der Waals surface area contributed by atoms with Gasteiger partial charge in [0, 0.05) is 30.3 Å². The van der Waals surface area contributed by atoms with Gasteiger partial charge < -0.3 is 5.32 Å². The average molecular weight is 270 g/mol. The molecule has 104 valence electrons. The van der Waals surface area contributed by atoms with E-state index in [9.17, 15) is 4.79 Å². The van der Waals surface area contributed by atoms with Crippen LogP contribution >= 0.6 is 0 Å². The van der Waals surface area contributed by atoms with Crippen LogP contribution in [0.1, 0.15) is 44.2 Å². The Hall–Kier alpha value is -2.17. The third kappa shape index (κ3) is 2.09. The molecular formula is C15H18N4O. The van der Waals surface area contributed by atoms with Crippen LogP contribution in [0.4, 0.5) is 5.82 Å². The zero-order valence-electron chi connectivity index (χ0n) is 11.9. The summed E-state index contributed by atoms with van der Waals surface area (Å²) >= 11 is 0. The topological polar surface area (TPSA) is 59.8 Å². The van der Waals surface area contributed by atoms with Gasteiger partial charge in [-0.1, -0.05) is 6.07 Å². The molecule has 1 N–H and O–H groups in total. The number of amides is 1. The molecule has 0 spiro atoms. The van der Waals surface area contributed by atoms with Gasteiger partial charge in [-0.05, 0) is 32.4 Å². The number of carbonyl (C=O) groups is 1. The molecule has 0 fully saturated rings. The van der Waals surface area contributed by atoms with Gasteiger partial charge in [0.15, 0.2) is 0 Å². The Kier molecular flexibility index (Phi) is 2.85. The number of nitrogens with one attached hydrogen (secondary N) is 1. The maximum Gasteiger partial charge on any atom is 0.226 e. The minimum absolute atomic E-state index is 0.0253. The smallest absolute Gasteiger partial charge is 0.226 e. The van der Waals surface area contributed by atoms with Crippen molar-refractivity contribution in [3.8, 4) is 0 Å². The predicted octanol–water partition coefficient (Wildman–Crippen LogP) is 2.51. The van der Waals surface area contributed by atoms with Crippen LogP contribution < -0.4 is 5.32 Å². The Morgan fingerprint density at radius 3 is 2.80 bits per heavy atom. The van der Waals surface area contributed by atoms with E-state index >= 15 is 0 Å². The van der Waals surface area contributed by atoms with Crippen LogP contribution in [0.25, 0.3) is 0 Å². The zero-order chi connectivity index (χ0) is 14.3. The Bertz CT molecular complexity index is 640. The van der Waals surface area contributed by atoms with E-state index in [4.69, 9.17) is 0 Å². The zero-order valence-corrected chi connectivity index (χ0v) is 11.9. The largest absolute Gasteiger partial charge is 0.311 e. The highest BCUT2D eigenvalue weighted by atomic mass is 16.1. The number of nitrogens with zero attached hydrogens (tertiary/aromatic N) is 3.